The molecule has 0 aliphatic rings. The molecule has 0 unspecified atom stereocenters. The zero-order valence-electron chi connectivity index (χ0n) is 19.0. The molecule has 1 N–H and O–H groups in total. The van der Waals surface area contributed by atoms with Crippen LogP contribution in [0.2, 0.25) is 0 Å². The molecule has 3 aromatic rings. The highest BCUT2D eigenvalue weighted by Gasteiger charge is 2.29. The first-order valence-corrected chi connectivity index (χ1v) is 12.8. The third kappa shape index (κ3) is 7.76. The van der Waals surface area contributed by atoms with E-state index in [2.05, 4.69) is 46.4 Å². The Balaban J connectivity index is 1.80. The molecule has 0 fully saturated rings. The van der Waals surface area contributed by atoms with Crippen LogP contribution in [-0.4, -0.2) is 35.6 Å². The molecule has 0 spiro atoms. The van der Waals surface area contributed by atoms with Crippen LogP contribution < -0.4 is 5.32 Å². The van der Waals surface area contributed by atoms with Crippen molar-refractivity contribution in [1.29, 1.82) is 0 Å². The maximum Gasteiger partial charge on any atom is 0.242 e. The second-order valence-electron chi connectivity index (χ2n) is 7.95. The van der Waals surface area contributed by atoms with E-state index in [1.54, 1.807) is 23.7 Å². The van der Waals surface area contributed by atoms with E-state index < -0.39 is 6.04 Å². The quantitative estimate of drug-likeness (QED) is 0.387. The second kappa shape index (κ2) is 12.6. The highest BCUT2D eigenvalue weighted by molar-refractivity contribution is 9.10. The first-order valence-electron chi connectivity index (χ1n) is 10.9. The lowest BCUT2D eigenvalue weighted by Crippen LogP contribution is -2.50. The largest absolute Gasteiger partial charge is 0.357 e. The van der Waals surface area contributed by atoms with E-state index in [9.17, 15) is 9.59 Å². The van der Waals surface area contributed by atoms with Gasteiger partial charge in [0.15, 0.2) is 0 Å². The predicted molar refractivity (Wildman–Crippen MR) is 140 cm³/mol. The highest BCUT2D eigenvalue weighted by Crippen LogP contribution is 2.20. The monoisotopic (exact) mass is 524 g/mol. The third-order valence-corrected chi connectivity index (χ3v) is 6.88. The van der Waals surface area contributed by atoms with Crippen molar-refractivity contribution in [3.63, 3.8) is 0 Å². The van der Waals surface area contributed by atoms with Crippen molar-refractivity contribution < 1.29 is 9.59 Å². The smallest absolute Gasteiger partial charge is 0.242 e. The molecule has 4 nitrogen and oxygen atoms in total. The first-order chi connectivity index (χ1) is 16.0. The molecule has 0 heterocycles. The molecule has 0 saturated heterocycles. The van der Waals surface area contributed by atoms with Crippen molar-refractivity contribution in [1.82, 2.24) is 10.2 Å². The Morgan fingerprint density at radius 2 is 1.64 bits per heavy atom. The van der Waals surface area contributed by atoms with Gasteiger partial charge in [-0.3, -0.25) is 9.59 Å². The van der Waals surface area contributed by atoms with Gasteiger partial charge in [-0.1, -0.05) is 88.2 Å². The van der Waals surface area contributed by atoms with Crippen LogP contribution >= 0.6 is 27.7 Å². The Morgan fingerprint density at radius 1 is 0.939 bits per heavy atom. The van der Waals surface area contributed by atoms with Gasteiger partial charge in [0.05, 0.1) is 5.75 Å². The molecular formula is C27H29BrN2O2S. The maximum absolute atomic E-state index is 13.4. The summed E-state index contributed by atoms with van der Waals surface area (Å²) in [5.41, 5.74) is 4.41. The van der Waals surface area contributed by atoms with Crippen LogP contribution in [0.3, 0.4) is 0 Å². The number of nitrogens with one attached hydrogen (secondary N) is 1. The Labute approximate surface area is 208 Å². The van der Waals surface area contributed by atoms with Crippen molar-refractivity contribution in [2.45, 2.75) is 31.7 Å². The van der Waals surface area contributed by atoms with Crippen LogP contribution in [0.4, 0.5) is 0 Å². The Bertz CT molecular complexity index is 1060. The average Bonchev–Trinajstić information content (AvgIpc) is 2.82. The molecule has 0 aromatic heterocycles. The number of rotatable bonds is 10. The molecule has 33 heavy (non-hydrogen) atoms. The fourth-order valence-corrected chi connectivity index (χ4v) is 4.77. The van der Waals surface area contributed by atoms with Gasteiger partial charge in [0, 0.05) is 30.2 Å². The first kappa shape index (κ1) is 25.1. The van der Waals surface area contributed by atoms with Gasteiger partial charge in [-0.25, -0.2) is 0 Å². The van der Waals surface area contributed by atoms with Crippen molar-refractivity contribution >= 4 is 39.5 Å². The molecule has 3 rings (SSSR count). The van der Waals surface area contributed by atoms with Gasteiger partial charge in [-0.15, -0.1) is 11.8 Å². The average molecular weight is 526 g/mol. The molecule has 0 radical (unpaired) electrons. The number of likely N-dealkylation sites (N-methyl/N-ethyl adjacent to an activating group) is 1. The van der Waals surface area contributed by atoms with Crippen LogP contribution in [0.1, 0.15) is 22.3 Å². The summed E-state index contributed by atoms with van der Waals surface area (Å²) in [7, 11) is 1.62. The molecule has 6 heteroatoms. The van der Waals surface area contributed by atoms with E-state index in [1.807, 2.05) is 60.7 Å². The molecule has 0 aliphatic heterocycles. The van der Waals surface area contributed by atoms with Crippen molar-refractivity contribution in [2.75, 3.05) is 12.8 Å². The van der Waals surface area contributed by atoms with Crippen molar-refractivity contribution in [2.24, 2.45) is 0 Å². The number of nitrogens with zero attached hydrogens (tertiary/aromatic N) is 1. The number of thioether (sulfide) groups is 1. The van der Waals surface area contributed by atoms with Crippen molar-refractivity contribution in [3.05, 3.63) is 106 Å². The van der Waals surface area contributed by atoms with Gasteiger partial charge in [0.1, 0.15) is 6.04 Å². The second-order valence-corrected chi connectivity index (χ2v) is 9.85. The topological polar surface area (TPSA) is 49.4 Å². The third-order valence-electron chi connectivity index (χ3n) is 5.36. The number of amides is 2. The Hall–Kier alpha value is -2.57. The van der Waals surface area contributed by atoms with Gasteiger partial charge in [0.2, 0.25) is 11.8 Å². The summed E-state index contributed by atoms with van der Waals surface area (Å²) in [5, 5.41) is 2.76. The summed E-state index contributed by atoms with van der Waals surface area (Å²) in [6, 6.07) is 25.4. The summed E-state index contributed by atoms with van der Waals surface area (Å²) in [6.07, 6.45) is 0.464. The number of benzene rings is 3. The van der Waals surface area contributed by atoms with E-state index in [-0.39, 0.29) is 11.8 Å². The van der Waals surface area contributed by atoms with Crippen molar-refractivity contribution in [3.8, 4) is 0 Å². The molecule has 0 aliphatic carbocycles. The lowest BCUT2D eigenvalue weighted by molar-refractivity contribution is -0.139. The normalized spacial score (nSPS) is 11.6. The number of carbonyl (C=O) groups excluding carboxylic acids is 2. The van der Waals surface area contributed by atoms with Crippen LogP contribution in [0.25, 0.3) is 0 Å². The van der Waals surface area contributed by atoms with Crippen LogP contribution in [0.5, 0.6) is 0 Å². The summed E-state index contributed by atoms with van der Waals surface area (Å²) in [6.45, 7) is 2.44. The number of hydrogen-bond acceptors (Lipinski definition) is 3. The van der Waals surface area contributed by atoms with Gasteiger partial charge in [0.25, 0.3) is 0 Å². The summed E-state index contributed by atoms with van der Waals surface area (Å²) in [5.74, 6) is 0.864. The Kier molecular flexibility index (Phi) is 9.58. The molecule has 3 aromatic carbocycles. The van der Waals surface area contributed by atoms with Crippen LogP contribution in [0.15, 0.2) is 83.3 Å². The zero-order valence-corrected chi connectivity index (χ0v) is 21.4. The molecule has 2 amide bonds. The van der Waals surface area contributed by atoms with Gasteiger partial charge in [-0.2, -0.15) is 0 Å². The minimum absolute atomic E-state index is 0.0416. The lowest BCUT2D eigenvalue weighted by atomic mass is 10.0. The molecule has 172 valence electrons. The van der Waals surface area contributed by atoms with Gasteiger partial charge >= 0.3 is 0 Å². The maximum atomic E-state index is 13.4. The standard InChI is InChI=1S/C27H29BrN2O2S/c1-20-7-6-10-23(15-20)18-33-19-26(31)30(17-22-11-13-24(28)14-12-22)25(27(32)29-2)16-21-8-4-3-5-9-21/h3-15,25H,16-19H2,1-2H3,(H,29,32)/t25-/m1/s1. The molecule has 1 atom stereocenters. The van der Waals surface area contributed by atoms with E-state index in [1.165, 1.54) is 11.1 Å². The molecule has 0 bridgehead atoms. The van der Waals surface area contributed by atoms with E-state index in [0.29, 0.717) is 18.7 Å². The SMILES string of the molecule is CNC(=O)[C@@H](Cc1ccccc1)N(Cc1ccc(Br)cc1)C(=O)CSCc1cccc(C)c1. The molecule has 0 saturated carbocycles. The Morgan fingerprint density at radius 3 is 2.30 bits per heavy atom. The fraction of sp³-hybridized carbons (Fsp3) is 0.259. The lowest BCUT2D eigenvalue weighted by Gasteiger charge is -2.31. The van der Waals surface area contributed by atoms with Gasteiger partial charge < -0.3 is 10.2 Å². The molecular weight excluding hydrogens is 496 g/mol. The number of carbonyl (C=O) groups is 2. The summed E-state index contributed by atoms with van der Waals surface area (Å²) >= 11 is 5.04. The minimum atomic E-state index is -0.590. The van der Waals surface area contributed by atoms with Crippen LogP contribution in [0, 0.1) is 6.92 Å². The van der Waals surface area contributed by atoms with E-state index in [0.717, 1.165) is 21.4 Å². The van der Waals surface area contributed by atoms with Crippen LogP contribution in [-0.2, 0) is 28.3 Å². The van der Waals surface area contributed by atoms with E-state index >= 15 is 0 Å². The zero-order chi connectivity index (χ0) is 23.6. The van der Waals surface area contributed by atoms with E-state index in [4.69, 9.17) is 0 Å². The minimum Gasteiger partial charge on any atom is -0.357 e. The number of aryl methyl sites for hydroxylation is 1. The summed E-state index contributed by atoms with van der Waals surface area (Å²) in [4.78, 5) is 28.1. The fourth-order valence-electron chi connectivity index (χ4n) is 3.65. The summed E-state index contributed by atoms with van der Waals surface area (Å²) < 4.78 is 0.977. The number of halogens is 1. The predicted octanol–water partition coefficient (Wildman–Crippen LogP) is 5.38. The number of hydrogen-bond donors (Lipinski definition) is 1. The van der Waals surface area contributed by atoms with Gasteiger partial charge in [-0.05, 0) is 35.7 Å². The highest BCUT2D eigenvalue weighted by atomic mass is 79.9.